The number of rotatable bonds is 2. The zero-order valence-electron chi connectivity index (χ0n) is 6.69. The van der Waals surface area contributed by atoms with E-state index in [1.165, 1.54) is 32.1 Å². The van der Waals surface area contributed by atoms with Crippen LogP contribution in [0.1, 0.15) is 46.0 Å². The van der Waals surface area contributed by atoms with E-state index in [0.717, 1.165) is 11.8 Å². The van der Waals surface area contributed by atoms with Crippen molar-refractivity contribution < 1.29 is 0 Å². The highest BCUT2D eigenvalue weighted by atomic mass is 14.2. The summed E-state index contributed by atoms with van der Waals surface area (Å²) < 4.78 is 0. The largest absolute Gasteiger partial charge is 0.0628 e. The highest BCUT2D eigenvalue weighted by molar-refractivity contribution is 4.67. The van der Waals surface area contributed by atoms with E-state index in [1.54, 1.807) is 0 Å². The zero-order chi connectivity index (χ0) is 6.69. The van der Waals surface area contributed by atoms with Crippen molar-refractivity contribution in [1.29, 1.82) is 0 Å². The minimum absolute atomic E-state index is 0.924. The number of hydrogen-bond donors (Lipinski definition) is 0. The molecule has 1 fully saturated rings. The van der Waals surface area contributed by atoms with Crippen molar-refractivity contribution in [2.75, 3.05) is 0 Å². The van der Waals surface area contributed by atoms with Gasteiger partial charge < -0.3 is 0 Å². The molecule has 54 valence electrons. The predicted octanol–water partition coefficient (Wildman–Crippen LogP) is 3.22. The monoisotopic (exact) mass is 126 g/mol. The Morgan fingerprint density at radius 3 is 2.22 bits per heavy atom. The van der Waals surface area contributed by atoms with Crippen LogP contribution < -0.4 is 0 Å². The van der Waals surface area contributed by atoms with Crippen LogP contribution in [0.2, 0.25) is 0 Å². The highest BCUT2D eigenvalue weighted by Gasteiger charge is 2.15. The lowest BCUT2D eigenvalue weighted by Crippen LogP contribution is -1.98. The zero-order valence-corrected chi connectivity index (χ0v) is 6.69. The Hall–Kier alpha value is 0. The molecule has 0 saturated heterocycles. The molecule has 1 saturated carbocycles. The van der Waals surface area contributed by atoms with Gasteiger partial charge in [-0.05, 0) is 18.3 Å². The summed E-state index contributed by atoms with van der Waals surface area (Å²) >= 11 is 0. The topological polar surface area (TPSA) is 0 Å². The second-order valence-electron chi connectivity index (χ2n) is 3.78. The van der Waals surface area contributed by atoms with E-state index in [1.807, 2.05) is 0 Å². The maximum atomic E-state index is 2.33. The van der Waals surface area contributed by atoms with Gasteiger partial charge in [-0.3, -0.25) is 0 Å². The van der Waals surface area contributed by atoms with Gasteiger partial charge >= 0.3 is 0 Å². The van der Waals surface area contributed by atoms with Crippen LogP contribution in [0.4, 0.5) is 0 Å². The summed E-state index contributed by atoms with van der Waals surface area (Å²) in [6.45, 7) is 4.66. The van der Waals surface area contributed by atoms with E-state index < -0.39 is 0 Å². The second-order valence-corrected chi connectivity index (χ2v) is 3.78. The third-order valence-corrected chi connectivity index (χ3v) is 2.28. The van der Waals surface area contributed by atoms with Crippen molar-refractivity contribution in [1.82, 2.24) is 0 Å². The summed E-state index contributed by atoms with van der Waals surface area (Å²) in [5.74, 6) is 2.01. The fourth-order valence-electron chi connectivity index (χ4n) is 1.91. The third kappa shape index (κ3) is 2.38. The average Bonchev–Trinajstić information content (AvgIpc) is 2.15. The Kier molecular flexibility index (Phi) is 2.56. The van der Waals surface area contributed by atoms with Crippen LogP contribution in [0.15, 0.2) is 0 Å². The summed E-state index contributed by atoms with van der Waals surface area (Å²) in [5.41, 5.74) is 0. The highest BCUT2D eigenvalue weighted by Crippen LogP contribution is 2.29. The maximum Gasteiger partial charge on any atom is -0.0412 e. The predicted molar refractivity (Wildman–Crippen MR) is 41.4 cm³/mol. The summed E-state index contributed by atoms with van der Waals surface area (Å²) in [7, 11) is 0. The first kappa shape index (κ1) is 7.11. The van der Waals surface area contributed by atoms with Gasteiger partial charge in [-0.25, -0.2) is 0 Å². The van der Waals surface area contributed by atoms with Crippen molar-refractivity contribution in [3.63, 3.8) is 0 Å². The molecule has 0 aliphatic heterocycles. The van der Waals surface area contributed by atoms with Crippen molar-refractivity contribution in [2.45, 2.75) is 46.0 Å². The van der Waals surface area contributed by atoms with Gasteiger partial charge in [0.15, 0.2) is 0 Å². The average molecular weight is 126 g/mol. The van der Waals surface area contributed by atoms with E-state index >= 15 is 0 Å². The quantitative estimate of drug-likeness (QED) is 0.533. The molecule has 9 heavy (non-hydrogen) atoms. The SMILES string of the molecule is CC(C)CC1CCCC1. The third-order valence-electron chi connectivity index (χ3n) is 2.28. The van der Waals surface area contributed by atoms with E-state index in [2.05, 4.69) is 13.8 Å². The standard InChI is InChI=1S/C9H18/c1-8(2)7-9-5-3-4-6-9/h8-9H,3-7H2,1-2H3. The van der Waals surface area contributed by atoms with Gasteiger partial charge in [0.25, 0.3) is 0 Å². The lowest BCUT2D eigenvalue weighted by atomic mass is 9.96. The van der Waals surface area contributed by atoms with Crippen molar-refractivity contribution in [2.24, 2.45) is 11.8 Å². The van der Waals surface area contributed by atoms with E-state index in [4.69, 9.17) is 0 Å². The lowest BCUT2D eigenvalue weighted by molar-refractivity contribution is 0.419. The number of hydrogen-bond acceptors (Lipinski definition) is 0. The van der Waals surface area contributed by atoms with E-state index in [0.29, 0.717) is 0 Å². The molecule has 0 aromatic rings. The minimum Gasteiger partial charge on any atom is -0.0628 e. The molecule has 0 nitrogen and oxygen atoms in total. The Labute approximate surface area is 58.7 Å². The molecule has 1 aliphatic carbocycles. The van der Waals surface area contributed by atoms with Crippen LogP contribution in [0, 0.1) is 11.8 Å². The molecule has 1 rings (SSSR count). The first-order valence-electron chi connectivity index (χ1n) is 4.29. The van der Waals surface area contributed by atoms with Gasteiger partial charge in [-0.2, -0.15) is 0 Å². The summed E-state index contributed by atoms with van der Waals surface area (Å²) in [4.78, 5) is 0. The molecule has 0 bridgehead atoms. The van der Waals surface area contributed by atoms with E-state index in [-0.39, 0.29) is 0 Å². The molecule has 1 aliphatic rings. The summed E-state index contributed by atoms with van der Waals surface area (Å²) in [6, 6.07) is 0. The lowest BCUT2D eigenvalue weighted by Gasteiger charge is -2.10. The second kappa shape index (κ2) is 3.24. The molecule has 0 heterocycles. The van der Waals surface area contributed by atoms with E-state index in [9.17, 15) is 0 Å². The van der Waals surface area contributed by atoms with Gasteiger partial charge in [0.2, 0.25) is 0 Å². The first-order chi connectivity index (χ1) is 4.29. The first-order valence-corrected chi connectivity index (χ1v) is 4.29. The minimum atomic E-state index is 0.924. The van der Waals surface area contributed by atoms with Crippen molar-refractivity contribution >= 4 is 0 Å². The smallest absolute Gasteiger partial charge is 0.0412 e. The van der Waals surface area contributed by atoms with Crippen LogP contribution in [0.3, 0.4) is 0 Å². The fraction of sp³-hybridized carbons (Fsp3) is 1.00. The molecule has 0 aromatic carbocycles. The van der Waals surface area contributed by atoms with Gasteiger partial charge in [-0.15, -0.1) is 0 Å². The molecule has 0 heteroatoms. The Balaban J connectivity index is 2.11. The molecule has 0 amide bonds. The molecular formula is C9H18. The Bertz CT molecular complexity index is 68.1. The normalized spacial score (nSPS) is 21.7. The molecule has 0 unspecified atom stereocenters. The Morgan fingerprint density at radius 2 is 1.78 bits per heavy atom. The van der Waals surface area contributed by atoms with Gasteiger partial charge in [-0.1, -0.05) is 39.5 Å². The molecular weight excluding hydrogens is 108 g/mol. The Morgan fingerprint density at radius 1 is 1.22 bits per heavy atom. The molecule has 0 radical (unpaired) electrons. The van der Waals surface area contributed by atoms with Crippen LogP contribution in [0.5, 0.6) is 0 Å². The van der Waals surface area contributed by atoms with Crippen LogP contribution >= 0.6 is 0 Å². The van der Waals surface area contributed by atoms with Gasteiger partial charge in [0.05, 0.1) is 0 Å². The summed E-state index contributed by atoms with van der Waals surface area (Å²) in [5, 5.41) is 0. The molecule has 0 aromatic heterocycles. The van der Waals surface area contributed by atoms with Gasteiger partial charge in [0.1, 0.15) is 0 Å². The van der Waals surface area contributed by atoms with Crippen LogP contribution in [0.25, 0.3) is 0 Å². The summed E-state index contributed by atoms with van der Waals surface area (Å²) in [6.07, 6.45) is 7.49. The van der Waals surface area contributed by atoms with Crippen molar-refractivity contribution in [3.8, 4) is 0 Å². The van der Waals surface area contributed by atoms with Gasteiger partial charge in [0, 0.05) is 0 Å². The van der Waals surface area contributed by atoms with Crippen LogP contribution in [-0.4, -0.2) is 0 Å². The maximum absolute atomic E-state index is 2.33. The van der Waals surface area contributed by atoms with Crippen LogP contribution in [-0.2, 0) is 0 Å². The fourth-order valence-corrected chi connectivity index (χ4v) is 1.91. The molecule has 0 atom stereocenters. The molecule has 0 spiro atoms. The molecule has 0 N–H and O–H groups in total. The van der Waals surface area contributed by atoms with Crippen molar-refractivity contribution in [3.05, 3.63) is 0 Å².